The average molecular weight is 260 g/mol. The highest BCUT2D eigenvalue weighted by Crippen LogP contribution is 2.24. The third-order valence-electron chi connectivity index (χ3n) is 2.47. The average Bonchev–Trinajstić information content (AvgIpc) is 2.84. The highest BCUT2D eigenvalue weighted by molar-refractivity contribution is 5.97. The van der Waals surface area contributed by atoms with Crippen molar-refractivity contribution in [3.8, 4) is 5.75 Å². The molecule has 0 amide bonds. The highest BCUT2D eigenvalue weighted by atomic mass is 16.5. The van der Waals surface area contributed by atoms with Crippen molar-refractivity contribution in [3.05, 3.63) is 36.2 Å². The summed E-state index contributed by atoms with van der Waals surface area (Å²) in [5, 5.41) is 7.40. The largest absolute Gasteiger partial charge is 0.489 e. The van der Waals surface area contributed by atoms with Gasteiger partial charge in [0, 0.05) is 11.8 Å². The number of carbonyl (C=O) groups is 1. The molecule has 0 spiro atoms. The van der Waals surface area contributed by atoms with E-state index in [-0.39, 0.29) is 18.4 Å². The van der Waals surface area contributed by atoms with E-state index in [1.54, 1.807) is 24.4 Å². The van der Waals surface area contributed by atoms with Gasteiger partial charge in [0.1, 0.15) is 12.3 Å². The van der Waals surface area contributed by atoms with Crippen LogP contribution in [-0.2, 0) is 6.54 Å². The number of ketones is 1. The number of hydrogen-bond donors (Lipinski definition) is 1. The number of ether oxygens (including phenoxy) is 1. The summed E-state index contributed by atoms with van der Waals surface area (Å²) >= 11 is 0. The Bertz CT molecular complexity index is 564. The molecule has 2 rings (SSSR count). The number of hydrogen-bond acceptors (Lipinski definition) is 5. The number of aromatic nitrogens is 3. The van der Waals surface area contributed by atoms with E-state index in [1.165, 1.54) is 10.9 Å². The summed E-state index contributed by atoms with van der Waals surface area (Å²) in [4.78, 5) is 12.0. The molecule has 0 saturated heterocycles. The number of carbonyl (C=O) groups excluding carboxylic acids is 1. The van der Waals surface area contributed by atoms with Crippen LogP contribution in [0.3, 0.4) is 0 Å². The fourth-order valence-corrected chi connectivity index (χ4v) is 1.64. The van der Waals surface area contributed by atoms with Gasteiger partial charge in [-0.05, 0) is 32.0 Å². The standard InChI is InChI=1S/C13H16N4O2/c1-9(2)19-13-4-3-10(7-11(13)14)12(18)8-17-6-5-15-16-17/h3-7,9H,8,14H2,1-2H3. The van der Waals surface area contributed by atoms with Crippen molar-refractivity contribution in [2.45, 2.75) is 26.5 Å². The summed E-state index contributed by atoms with van der Waals surface area (Å²) in [5.74, 6) is 0.514. The fourth-order valence-electron chi connectivity index (χ4n) is 1.64. The molecular formula is C13H16N4O2. The van der Waals surface area contributed by atoms with Crippen LogP contribution in [0.15, 0.2) is 30.6 Å². The molecule has 0 bridgehead atoms. The molecule has 1 aromatic carbocycles. The third kappa shape index (κ3) is 3.31. The van der Waals surface area contributed by atoms with Crippen LogP contribution in [0.2, 0.25) is 0 Å². The van der Waals surface area contributed by atoms with Gasteiger partial charge in [0.25, 0.3) is 0 Å². The molecule has 6 heteroatoms. The van der Waals surface area contributed by atoms with Crippen molar-refractivity contribution in [2.24, 2.45) is 0 Å². The van der Waals surface area contributed by atoms with E-state index in [9.17, 15) is 4.79 Å². The second-order valence-corrected chi connectivity index (χ2v) is 4.44. The summed E-state index contributed by atoms with van der Waals surface area (Å²) < 4.78 is 6.99. The van der Waals surface area contributed by atoms with Crippen LogP contribution < -0.4 is 10.5 Å². The van der Waals surface area contributed by atoms with Crippen LogP contribution in [0.25, 0.3) is 0 Å². The molecule has 0 unspecified atom stereocenters. The minimum absolute atomic E-state index is 0.0407. The quantitative estimate of drug-likeness (QED) is 0.651. The van der Waals surface area contributed by atoms with Gasteiger partial charge in [-0.15, -0.1) is 5.10 Å². The maximum absolute atomic E-state index is 12.0. The molecule has 2 aromatic rings. The maximum Gasteiger partial charge on any atom is 0.184 e. The Morgan fingerprint density at radius 2 is 2.26 bits per heavy atom. The van der Waals surface area contributed by atoms with Crippen molar-refractivity contribution in [2.75, 3.05) is 5.73 Å². The zero-order chi connectivity index (χ0) is 13.8. The second-order valence-electron chi connectivity index (χ2n) is 4.44. The zero-order valence-corrected chi connectivity index (χ0v) is 10.9. The number of rotatable bonds is 5. The van der Waals surface area contributed by atoms with Crippen molar-refractivity contribution < 1.29 is 9.53 Å². The van der Waals surface area contributed by atoms with E-state index in [4.69, 9.17) is 10.5 Å². The second kappa shape index (κ2) is 5.51. The first-order valence-corrected chi connectivity index (χ1v) is 5.99. The van der Waals surface area contributed by atoms with Crippen LogP contribution >= 0.6 is 0 Å². The minimum Gasteiger partial charge on any atom is -0.489 e. The van der Waals surface area contributed by atoms with Crippen LogP contribution in [0, 0.1) is 0 Å². The summed E-state index contributed by atoms with van der Waals surface area (Å²) in [6.07, 6.45) is 3.21. The molecule has 2 N–H and O–H groups in total. The molecule has 1 heterocycles. The van der Waals surface area contributed by atoms with Gasteiger partial charge in [-0.2, -0.15) is 0 Å². The smallest absolute Gasteiger partial charge is 0.184 e. The van der Waals surface area contributed by atoms with Gasteiger partial charge < -0.3 is 10.5 Å². The van der Waals surface area contributed by atoms with Crippen molar-refractivity contribution in [3.63, 3.8) is 0 Å². The van der Waals surface area contributed by atoms with Gasteiger partial charge in [-0.25, -0.2) is 4.68 Å². The van der Waals surface area contributed by atoms with Gasteiger partial charge >= 0.3 is 0 Å². The monoisotopic (exact) mass is 260 g/mol. The van der Waals surface area contributed by atoms with E-state index in [1.807, 2.05) is 13.8 Å². The number of nitrogens with zero attached hydrogens (tertiary/aromatic N) is 3. The Hall–Kier alpha value is -2.37. The summed E-state index contributed by atoms with van der Waals surface area (Å²) in [6, 6.07) is 5.04. The van der Waals surface area contributed by atoms with Crippen LogP contribution in [0.1, 0.15) is 24.2 Å². The normalized spacial score (nSPS) is 10.7. The molecule has 6 nitrogen and oxygen atoms in total. The molecule has 19 heavy (non-hydrogen) atoms. The Labute approximate surface area is 111 Å². The van der Waals surface area contributed by atoms with Crippen LogP contribution in [-0.4, -0.2) is 26.9 Å². The molecule has 100 valence electrons. The van der Waals surface area contributed by atoms with Gasteiger partial charge in [-0.3, -0.25) is 4.79 Å². The molecule has 0 aliphatic rings. The molecule has 0 radical (unpaired) electrons. The minimum atomic E-state index is -0.0757. The molecule has 0 atom stereocenters. The van der Waals surface area contributed by atoms with Gasteiger partial charge in [0.2, 0.25) is 0 Å². The van der Waals surface area contributed by atoms with E-state index < -0.39 is 0 Å². The number of benzene rings is 1. The highest BCUT2D eigenvalue weighted by Gasteiger charge is 2.10. The number of nitrogens with two attached hydrogens (primary N) is 1. The Morgan fingerprint density at radius 1 is 1.47 bits per heavy atom. The molecule has 0 aliphatic carbocycles. The zero-order valence-electron chi connectivity index (χ0n) is 10.9. The lowest BCUT2D eigenvalue weighted by Gasteiger charge is -2.12. The number of nitrogen functional groups attached to an aromatic ring is 1. The lowest BCUT2D eigenvalue weighted by atomic mass is 10.1. The predicted octanol–water partition coefficient (Wildman–Crippen LogP) is 1.53. The molecule has 0 aliphatic heterocycles. The van der Waals surface area contributed by atoms with E-state index >= 15 is 0 Å². The molecule has 0 fully saturated rings. The molecule has 0 saturated carbocycles. The first-order valence-electron chi connectivity index (χ1n) is 5.99. The van der Waals surface area contributed by atoms with E-state index in [0.717, 1.165) is 0 Å². The lowest BCUT2D eigenvalue weighted by molar-refractivity contribution is 0.0967. The van der Waals surface area contributed by atoms with Gasteiger partial charge in [0.05, 0.1) is 18.0 Å². The molecule has 1 aromatic heterocycles. The van der Waals surface area contributed by atoms with Crippen molar-refractivity contribution in [1.82, 2.24) is 15.0 Å². The first-order chi connectivity index (χ1) is 9.06. The van der Waals surface area contributed by atoms with Crippen LogP contribution in [0.5, 0.6) is 5.75 Å². The van der Waals surface area contributed by atoms with E-state index in [2.05, 4.69) is 10.3 Å². The Balaban J connectivity index is 2.13. The van der Waals surface area contributed by atoms with Crippen molar-refractivity contribution >= 4 is 11.5 Å². The van der Waals surface area contributed by atoms with Crippen LogP contribution in [0.4, 0.5) is 5.69 Å². The summed E-state index contributed by atoms with van der Waals surface area (Å²) in [6.45, 7) is 3.98. The summed E-state index contributed by atoms with van der Waals surface area (Å²) in [7, 11) is 0. The topological polar surface area (TPSA) is 83.0 Å². The predicted molar refractivity (Wildman–Crippen MR) is 71.0 cm³/mol. The van der Waals surface area contributed by atoms with Crippen molar-refractivity contribution in [1.29, 1.82) is 0 Å². The van der Waals surface area contributed by atoms with Gasteiger partial charge in [-0.1, -0.05) is 5.21 Å². The number of anilines is 1. The fraction of sp³-hybridized carbons (Fsp3) is 0.308. The third-order valence-corrected chi connectivity index (χ3v) is 2.47. The van der Waals surface area contributed by atoms with E-state index in [0.29, 0.717) is 17.0 Å². The Kier molecular flexibility index (Phi) is 3.79. The lowest BCUT2D eigenvalue weighted by Crippen LogP contribution is -2.12. The maximum atomic E-state index is 12.0. The Morgan fingerprint density at radius 3 is 2.84 bits per heavy atom. The summed E-state index contributed by atoms with van der Waals surface area (Å²) in [5.41, 5.74) is 6.86. The number of Topliss-reactive ketones (excluding diaryl/α,β-unsaturated/α-hetero) is 1. The molecular weight excluding hydrogens is 244 g/mol. The first kappa shape index (κ1) is 13.1. The van der Waals surface area contributed by atoms with Gasteiger partial charge in [0.15, 0.2) is 5.78 Å². The SMILES string of the molecule is CC(C)Oc1ccc(C(=O)Cn2ccnn2)cc1N.